The van der Waals surface area contributed by atoms with E-state index in [2.05, 4.69) is 10.5 Å². The van der Waals surface area contributed by atoms with Crippen LogP contribution in [0.15, 0.2) is 17.1 Å². The number of anilines is 1. The maximum absolute atomic E-state index is 11.8. The van der Waals surface area contributed by atoms with Gasteiger partial charge < -0.3 is 40.7 Å². The van der Waals surface area contributed by atoms with Crippen LogP contribution in [0.25, 0.3) is 0 Å². The molecule has 1 aromatic heterocycles. The molecule has 0 radical (unpaired) electrons. The molecule has 13 heteroatoms. The van der Waals surface area contributed by atoms with E-state index in [9.17, 15) is 25.2 Å². The molecular weight excluding hydrogens is 356 g/mol. The number of aliphatic hydroxyl groups is 5. The number of hydrogen-bond donors (Lipinski definition) is 7. The van der Waals surface area contributed by atoms with Crippen molar-refractivity contribution in [1.29, 1.82) is 0 Å². The van der Waals surface area contributed by atoms with Gasteiger partial charge in [-0.2, -0.15) is 10.5 Å². The highest BCUT2D eigenvalue weighted by Crippen LogP contribution is 2.28. The van der Waals surface area contributed by atoms with Crippen LogP contribution in [0.3, 0.4) is 0 Å². The number of nitrogens with two attached hydrogens (primary N) is 1. The van der Waals surface area contributed by atoms with Crippen molar-refractivity contribution in [3.63, 3.8) is 0 Å². The Bertz CT molecular complexity index is 688. The van der Waals surface area contributed by atoms with E-state index in [1.54, 1.807) is 0 Å². The third-order valence-electron chi connectivity index (χ3n) is 4.16. The summed E-state index contributed by atoms with van der Waals surface area (Å²) < 4.78 is 11.4. The van der Waals surface area contributed by atoms with Crippen LogP contribution in [-0.4, -0.2) is 84.7 Å². The molecule has 0 saturated carbocycles. The summed E-state index contributed by atoms with van der Waals surface area (Å²) in [7, 11) is 0. The lowest BCUT2D eigenvalue weighted by Gasteiger charge is -2.20. The molecular formula is C13H20N4O9. The van der Waals surface area contributed by atoms with E-state index in [1.165, 1.54) is 12.3 Å². The van der Waals surface area contributed by atoms with Crippen molar-refractivity contribution in [2.45, 2.75) is 49.3 Å². The summed E-state index contributed by atoms with van der Waals surface area (Å²) in [6.07, 6.45) is -9.51. The third-order valence-corrected chi connectivity index (χ3v) is 4.16. The number of nitrogens with one attached hydrogen (secondary N) is 1. The Kier molecular flexibility index (Phi) is 5.52. The highest BCUT2D eigenvalue weighted by atomic mass is 16.8. The summed E-state index contributed by atoms with van der Waals surface area (Å²) in [6, 6.07) is 1.32. The number of rotatable bonds is 5. The largest absolute Gasteiger partial charge is 0.394 e. The molecule has 3 heterocycles. The maximum Gasteiger partial charge on any atom is 0.351 e. The van der Waals surface area contributed by atoms with Crippen LogP contribution in [-0.2, 0) is 14.3 Å². The molecule has 1 aromatic rings. The Hall–Kier alpha value is -1.68. The average molecular weight is 376 g/mol. The normalized spacial score (nSPS) is 40.2. The van der Waals surface area contributed by atoms with Gasteiger partial charge in [-0.05, 0) is 6.07 Å². The van der Waals surface area contributed by atoms with Crippen LogP contribution < -0.4 is 16.9 Å². The topological polar surface area (TPSA) is 202 Å². The molecule has 0 aromatic carbocycles. The van der Waals surface area contributed by atoms with Crippen LogP contribution in [0.5, 0.6) is 0 Å². The zero-order chi connectivity index (χ0) is 19.0. The van der Waals surface area contributed by atoms with Gasteiger partial charge in [-0.3, -0.25) is 9.40 Å². The van der Waals surface area contributed by atoms with Crippen molar-refractivity contribution in [1.82, 2.24) is 15.0 Å². The van der Waals surface area contributed by atoms with Gasteiger partial charge in [-0.25, -0.2) is 4.79 Å². The van der Waals surface area contributed by atoms with Gasteiger partial charge in [0.15, 0.2) is 12.5 Å². The molecule has 2 saturated heterocycles. The second-order valence-electron chi connectivity index (χ2n) is 5.91. The molecule has 3 rings (SSSR count). The Labute approximate surface area is 146 Å². The van der Waals surface area contributed by atoms with E-state index in [4.69, 9.17) is 25.2 Å². The van der Waals surface area contributed by atoms with Gasteiger partial charge in [0, 0.05) is 6.20 Å². The number of aromatic nitrogens is 2. The highest BCUT2D eigenvalue weighted by Gasteiger charge is 2.47. The lowest BCUT2D eigenvalue weighted by Crippen LogP contribution is -2.44. The Morgan fingerprint density at radius 3 is 2.54 bits per heavy atom. The van der Waals surface area contributed by atoms with E-state index in [0.29, 0.717) is 0 Å². The average Bonchev–Trinajstić information content (AvgIpc) is 3.04. The monoisotopic (exact) mass is 376 g/mol. The zero-order valence-corrected chi connectivity index (χ0v) is 13.3. The molecule has 2 fully saturated rings. The summed E-state index contributed by atoms with van der Waals surface area (Å²) in [5.74, 6) is -0.0124. The number of ether oxygens (including phenoxy) is 2. The summed E-state index contributed by atoms with van der Waals surface area (Å²) in [5, 5.41) is 48.6. The second-order valence-corrected chi connectivity index (χ2v) is 5.91. The van der Waals surface area contributed by atoms with Crippen LogP contribution in [0.4, 0.5) is 5.82 Å². The first-order chi connectivity index (χ1) is 12.3. The molecule has 146 valence electrons. The lowest BCUT2D eigenvalue weighted by molar-refractivity contribution is -0.236. The van der Waals surface area contributed by atoms with E-state index in [-0.39, 0.29) is 5.82 Å². The van der Waals surface area contributed by atoms with E-state index < -0.39 is 61.6 Å². The molecule has 8 N–H and O–H groups in total. The van der Waals surface area contributed by atoms with Crippen LogP contribution in [0.2, 0.25) is 0 Å². The molecule has 1 unspecified atom stereocenters. The molecule has 26 heavy (non-hydrogen) atoms. The third kappa shape index (κ3) is 3.44. The zero-order valence-electron chi connectivity index (χ0n) is 13.3. The molecule has 13 nitrogen and oxygen atoms in total. The summed E-state index contributed by atoms with van der Waals surface area (Å²) in [6.45, 7) is -0.533. The summed E-state index contributed by atoms with van der Waals surface area (Å²) >= 11 is 0. The van der Waals surface area contributed by atoms with Gasteiger partial charge in [0.2, 0.25) is 6.29 Å². The quantitative estimate of drug-likeness (QED) is 0.243. The summed E-state index contributed by atoms with van der Waals surface area (Å²) in [5.41, 5.74) is 6.87. The molecule has 0 bridgehead atoms. The van der Waals surface area contributed by atoms with Gasteiger partial charge in [-0.15, -0.1) is 0 Å². The second kappa shape index (κ2) is 7.51. The smallest absolute Gasteiger partial charge is 0.351 e. The van der Waals surface area contributed by atoms with Crippen LogP contribution in [0, 0.1) is 0 Å². The van der Waals surface area contributed by atoms with E-state index >= 15 is 0 Å². The number of hydrogen-bond acceptors (Lipinski definition) is 12. The van der Waals surface area contributed by atoms with Crippen molar-refractivity contribution in [2.24, 2.45) is 0 Å². The first-order valence-electron chi connectivity index (χ1n) is 7.73. The van der Waals surface area contributed by atoms with Crippen molar-refractivity contribution in [3.05, 3.63) is 22.7 Å². The first-order valence-corrected chi connectivity index (χ1v) is 7.73. The van der Waals surface area contributed by atoms with Gasteiger partial charge in [0.05, 0.1) is 6.61 Å². The molecule has 2 aliphatic rings. The first kappa shape index (κ1) is 19.1. The fraction of sp³-hybridized carbons (Fsp3) is 0.692. The Morgan fingerprint density at radius 2 is 1.92 bits per heavy atom. The minimum Gasteiger partial charge on any atom is -0.394 e. The standard InChI is InChI=1S/C13H20N4O9/c14-5-1-2-17(13(23)15-5)11-8(21)7(20)10(25-11)16-26-12-9(22)6(19)4(3-18)24-12/h1-2,4,6-12,16,18-22H,3H2,(H2,14,15,23)/t4-,6-,7+,8-,9+,10+,11-,12?/m1/s1. The predicted octanol–water partition coefficient (Wildman–Crippen LogP) is -4.64. The van der Waals surface area contributed by atoms with E-state index in [0.717, 1.165) is 4.57 Å². The van der Waals surface area contributed by atoms with Gasteiger partial charge in [-0.1, -0.05) is 0 Å². The number of nitrogens with zero attached hydrogens (tertiary/aromatic N) is 2. The summed E-state index contributed by atoms with van der Waals surface area (Å²) in [4.78, 5) is 20.4. The molecule has 2 aliphatic heterocycles. The minimum atomic E-state index is -1.50. The van der Waals surface area contributed by atoms with Crippen molar-refractivity contribution in [2.75, 3.05) is 12.3 Å². The van der Waals surface area contributed by atoms with Crippen molar-refractivity contribution < 1.29 is 39.8 Å². The van der Waals surface area contributed by atoms with Gasteiger partial charge in [0.1, 0.15) is 36.3 Å². The molecule has 0 spiro atoms. The highest BCUT2D eigenvalue weighted by molar-refractivity contribution is 5.23. The fourth-order valence-electron chi connectivity index (χ4n) is 2.70. The SMILES string of the molecule is Nc1ccn([C@@H]2O[C@H](NOC3O[C@H](CO)[C@@H](O)[C@@H]3O)[C@@H](O)[C@H]2O)c(=O)n1. The van der Waals surface area contributed by atoms with Gasteiger partial charge >= 0.3 is 5.69 Å². The molecule has 0 amide bonds. The van der Waals surface area contributed by atoms with E-state index in [1.807, 2.05) is 0 Å². The maximum atomic E-state index is 11.8. The lowest BCUT2D eigenvalue weighted by atomic mass is 10.1. The molecule has 8 atom stereocenters. The van der Waals surface area contributed by atoms with Crippen molar-refractivity contribution >= 4 is 5.82 Å². The number of hydroxylamine groups is 1. The predicted molar refractivity (Wildman–Crippen MR) is 80.8 cm³/mol. The van der Waals surface area contributed by atoms with Crippen LogP contribution in [0.1, 0.15) is 6.23 Å². The Morgan fingerprint density at radius 1 is 1.19 bits per heavy atom. The Balaban J connectivity index is 1.64. The van der Waals surface area contributed by atoms with Crippen LogP contribution >= 0.6 is 0 Å². The molecule has 0 aliphatic carbocycles. The number of aliphatic hydroxyl groups excluding tert-OH is 5. The minimum absolute atomic E-state index is 0.0124. The number of nitrogen functional groups attached to an aromatic ring is 1. The fourth-order valence-corrected chi connectivity index (χ4v) is 2.70. The van der Waals surface area contributed by atoms with Crippen molar-refractivity contribution in [3.8, 4) is 0 Å². The van der Waals surface area contributed by atoms with Gasteiger partial charge in [0.25, 0.3) is 0 Å².